The zero-order valence-corrected chi connectivity index (χ0v) is 10.7. The predicted molar refractivity (Wildman–Crippen MR) is 56.0 cm³/mol. The molecule has 0 fully saturated rings. The third-order valence-corrected chi connectivity index (χ3v) is 0. The Morgan fingerprint density at radius 1 is 0.333 bits per heavy atom. The zero-order chi connectivity index (χ0) is 13.5. The van der Waals surface area contributed by atoms with Crippen molar-refractivity contribution in [3.8, 4) is 0 Å². The number of halogens is 2. The first-order valence-corrected chi connectivity index (χ1v) is 8.05. The summed E-state index contributed by atoms with van der Waals surface area (Å²) in [5.41, 5.74) is 0. The van der Waals surface area contributed by atoms with Gasteiger partial charge in [0.05, 0.1) is 0 Å². The molecule has 0 bridgehead atoms. The van der Waals surface area contributed by atoms with Crippen molar-refractivity contribution in [1.82, 2.24) is 0 Å². The van der Waals surface area contributed by atoms with Gasteiger partial charge in [-0.05, 0) is 0 Å². The van der Waals surface area contributed by atoms with E-state index >= 15 is 0 Å². The van der Waals surface area contributed by atoms with Gasteiger partial charge in [0, 0.05) is 0 Å². The van der Waals surface area contributed by atoms with Gasteiger partial charge in [-0.1, -0.05) is 0 Å². The minimum absolute atomic E-state index is 0. The third-order valence-electron chi connectivity index (χ3n) is 0. The standard InChI is InChI=1S/2FH.Li.3H4O4Si.H/c;;;3*1-5(2,3)4;/h2*1H;;3*1-4H;. The molecule has 114 valence electrons. The van der Waals surface area contributed by atoms with Crippen LogP contribution in [0.1, 0.15) is 0 Å². The van der Waals surface area contributed by atoms with E-state index in [4.69, 9.17) is 57.5 Å². The Hall–Kier alpha value is 0.628. The molecule has 0 aliphatic carbocycles. The summed E-state index contributed by atoms with van der Waals surface area (Å²) in [6.07, 6.45) is 0. The number of hydrogen-bond acceptors (Lipinski definition) is 12. The normalized spacial score (nSPS) is 10.0. The quantitative estimate of drug-likeness (QED) is 0.184. The Morgan fingerprint density at radius 3 is 0.333 bits per heavy atom. The number of rotatable bonds is 0. The average molecular weight is 336 g/mol. The molecular formula is H15F2LiO12Si3. The van der Waals surface area contributed by atoms with E-state index in [1.54, 1.807) is 0 Å². The molecule has 0 heterocycles. The molecule has 0 aromatic carbocycles. The molecule has 0 saturated carbocycles. The van der Waals surface area contributed by atoms with E-state index in [2.05, 4.69) is 0 Å². The van der Waals surface area contributed by atoms with Gasteiger partial charge in [-0.15, -0.1) is 0 Å². The molecule has 0 radical (unpaired) electrons. The summed E-state index contributed by atoms with van der Waals surface area (Å²) in [7, 11) is -13.8. The van der Waals surface area contributed by atoms with Crippen molar-refractivity contribution in [3.05, 3.63) is 0 Å². The second-order valence-electron chi connectivity index (χ2n) is 1.80. The molecule has 0 atom stereocenters. The van der Waals surface area contributed by atoms with Gasteiger partial charge in [0.15, 0.2) is 0 Å². The van der Waals surface area contributed by atoms with Crippen LogP contribution in [0.3, 0.4) is 0 Å². The first kappa shape index (κ1) is 36.3. The summed E-state index contributed by atoms with van der Waals surface area (Å²) < 4.78 is 0. The maximum absolute atomic E-state index is 7.33. The summed E-state index contributed by atoms with van der Waals surface area (Å²) in [6, 6.07) is 0. The molecule has 0 aromatic heterocycles. The summed E-state index contributed by atoms with van der Waals surface area (Å²) in [4.78, 5) is 87.9. The van der Waals surface area contributed by atoms with Gasteiger partial charge in [-0.3, -0.25) is 9.41 Å². The van der Waals surface area contributed by atoms with E-state index in [0.717, 1.165) is 0 Å². The molecule has 0 aliphatic heterocycles. The van der Waals surface area contributed by atoms with Crippen LogP contribution in [0, 0.1) is 0 Å². The molecule has 0 aliphatic rings. The van der Waals surface area contributed by atoms with Gasteiger partial charge in [-0.25, -0.2) is 0 Å². The van der Waals surface area contributed by atoms with Crippen molar-refractivity contribution in [2.45, 2.75) is 0 Å². The zero-order valence-electron chi connectivity index (χ0n) is 7.68. The topological polar surface area (TPSA) is 243 Å². The number of hydrogen-bond donors (Lipinski definition) is 12. The molecule has 0 unspecified atom stereocenters. The molecule has 0 rings (SSSR count). The molecule has 12 N–H and O–H groups in total. The summed E-state index contributed by atoms with van der Waals surface area (Å²) in [5, 5.41) is 0. The fourth-order valence-electron chi connectivity index (χ4n) is 0. The minimum atomic E-state index is -4.61. The van der Waals surface area contributed by atoms with Crippen molar-refractivity contribution in [3.63, 3.8) is 0 Å². The third kappa shape index (κ3) is 10300. The van der Waals surface area contributed by atoms with Crippen LogP contribution in [0.5, 0.6) is 0 Å². The molecule has 12 nitrogen and oxygen atoms in total. The van der Waals surface area contributed by atoms with Crippen molar-refractivity contribution in [1.29, 1.82) is 0 Å². The van der Waals surface area contributed by atoms with Crippen LogP contribution < -0.4 is 0 Å². The molecule has 0 saturated heterocycles. The molecule has 0 spiro atoms. The van der Waals surface area contributed by atoms with Crippen LogP contribution in [0.25, 0.3) is 0 Å². The van der Waals surface area contributed by atoms with Crippen molar-refractivity contribution in [2.75, 3.05) is 0 Å². The Kier molecular flexibility index (Phi) is 28.3. The van der Waals surface area contributed by atoms with Crippen LogP contribution in [0.15, 0.2) is 0 Å². The van der Waals surface area contributed by atoms with Gasteiger partial charge < -0.3 is 57.5 Å². The molecular weight excluding hydrogens is 321 g/mol. The first-order valence-electron chi connectivity index (χ1n) is 2.68. The Balaban J connectivity index is -0.0000000277. The monoisotopic (exact) mass is 336 g/mol. The Morgan fingerprint density at radius 2 is 0.333 bits per heavy atom. The van der Waals surface area contributed by atoms with Crippen molar-refractivity contribution in [2.24, 2.45) is 0 Å². The van der Waals surface area contributed by atoms with Crippen molar-refractivity contribution >= 4 is 46.0 Å². The van der Waals surface area contributed by atoms with Crippen LogP contribution in [-0.2, 0) is 0 Å². The second-order valence-corrected chi connectivity index (χ2v) is 5.40. The van der Waals surface area contributed by atoms with Crippen LogP contribution >= 0.6 is 0 Å². The fourth-order valence-corrected chi connectivity index (χ4v) is 0. The molecule has 0 aromatic rings. The van der Waals surface area contributed by atoms with Gasteiger partial charge in [-0.2, -0.15) is 0 Å². The average Bonchev–Trinajstić information content (AvgIpc) is 1.41. The Bertz CT molecular complexity index is 100. The SMILES string of the molecule is F.F.O[Si](O)(O)O.O[Si](O)(O)O.O[Si](O)(O)O.[LiH]. The van der Waals surface area contributed by atoms with E-state index in [1.807, 2.05) is 0 Å². The predicted octanol–water partition coefficient (Wildman–Crippen LogP) is -8.17. The van der Waals surface area contributed by atoms with Crippen molar-refractivity contribution < 1.29 is 67.0 Å². The van der Waals surface area contributed by atoms with Crippen LogP contribution in [0.2, 0.25) is 0 Å². The summed E-state index contributed by atoms with van der Waals surface area (Å²) in [5.74, 6) is 0. The van der Waals surface area contributed by atoms with Crippen LogP contribution in [0.4, 0.5) is 9.41 Å². The van der Waals surface area contributed by atoms with Gasteiger partial charge >= 0.3 is 46.0 Å². The second kappa shape index (κ2) is 14.0. The first-order chi connectivity index (χ1) is 6.00. The summed E-state index contributed by atoms with van der Waals surface area (Å²) >= 11 is 0. The van der Waals surface area contributed by atoms with Gasteiger partial charge in [0.1, 0.15) is 0 Å². The van der Waals surface area contributed by atoms with E-state index < -0.39 is 27.1 Å². The molecule has 0 amide bonds. The fraction of sp³-hybridized carbons (Fsp3) is 0. The summed E-state index contributed by atoms with van der Waals surface area (Å²) in [6.45, 7) is 0. The van der Waals surface area contributed by atoms with Gasteiger partial charge in [0.25, 0.3) is 0 Å². The Labute approximate surface area is 113 Å². The maximum atomic E-state index is 7.33. The molecule has 18 heavy (non-hydrogen) atoms. The van der Waals surface area contributed by atoms with Gasteiger partial charge in [0.2, 0.25) is 0 Å². The van der Waals surface area contributed by atoms with E-state index in [0.29, 0.717) is 0 Å². The van der Waals surface area contributed by atoms with E-state index in [-0.39, 0.29) is 28.3 Å². The van der Waals surface area contributed by atoms with E-state index in [1.165, 1.54) is 0 Å². The molecule has 18 heteroatoms. The van der Waals surface area contributed by atoms with E-state index in [9.17, 15) is 0 Å². The van der Waals surface area contributed by atoms with Crippen LogP contribution in [-0.4, -0.2) is 104 Å².